The van der Waals surface area contributed by atoms with Gasteiger partial charge in [-0.25, -0.2) is 4.79 Å². The molecule has 1 spiro atoms. The van der Waals surface area contributed by atoms with Crippen molar-refractivity contribution in [1.29, 1.82) is 0 Å². The molecule has 1 atom stereocenters. The average molecular weight is 527 g/mol. The molecule has 2 aromatic rings. The normalized spacial score (nSPS) is 20.0. The van der Waals surface area contributed by atoms with Crippen molar-refractivity contribution in [3.63, 3.8) is 0 Å². The maximum absolute atomic E-state index is 13.3. The number of likely N-dealkylation sites (tertiary alicyclic amines) is 1. The summed E-state index contributed by atoms with van der Waals surface area (Å²) in [6.07, 6.45) is 3.67. The summed E-state index contributed by atoms with van der Waals surface area (Å²) in [6.45, 7) is -0.789. The molecule has 3 aliphatic rings. The summed E-state index contributed by atoms with van der Waals surface area (Å²) in [5, 5.41) is 6.12. The van der Waals surface area contributed by atoms with Crippen LogP contribution in [-0.2, 0) is 16.1 Å². The van der Waals surface area contributed by atoms with Crippen molar-refractivity contribution >= 4 is 17.8 Å². The highest BCUT2D eigenvalue weighted by molar-refractivity contribution is 6.07. The van der Waals surface area contributed by atoms with Crippen molar-refractivity contribution in [2.24, 2.45) is 5.92 Å². The third-order valence-corrected chi connectivity index (χ3v) is 7.65. The summed E-state index contributed by atoms with van der Waals surface area (Å²) in [4.78, 5) is 41.9. The minimum absolute atomic E-state index is 0.0198. The van der Waals surface area contributed by atoms with Gasteiger partial charge in [-0.1, -0.05) is 42.5 Å². The molecule has 5 rings (SSSR count). The number of benzene rings is 2. The minimum atomic E-state index is -2.91. The van der Waals surface area contributed by atoms with Gasteiger partial charge < -0.3 is 20.3 Å². The van der Waals surface area contributed by atoms with Crippen molar-refractivity contribution in [2.75, 3.05) is 19.6 Å². The molecule has 0 radical (unpaired) electrons. The second-order valence-electron chi connectivity index (χ2n) is 10.3. The molecule has 2 N–H and O–H groups in total. The van der Waals surface area contributed by atoms with Gasteiger partial charge in [0.25, 0.3) is 5.91 Å². The number of piperidine rings is 1. The van der Waals surface area contributed by atoms with Gasteiger partial charge in [-0.05, 0) is 55.4 Å². The number of halogens is 2. The quantitative estimate of drug-likeness (QED) is 0.460. The maximum atomic E-state index is 13.3. The van der Waals surface area contributed by atoms with Gasteiger partial charge in [-0.3, -0.25) is 14.5 Å². The van der Waals surface area contributed by atoms with Crippen molar-refractivity contribution < 1.29 is 27.9 Å². The molecular weight excluding hydrogens is 494 g/mol. The number of imide groups is 1. The Morgan fingerprint density at radius 1 is 1.05 bits per heavy atom. The Morgan fingerprint density at radius 2 is 1.74 bits per heavy atom. The predicted octanol–water partition coefficient (Wildman–Crippen LogP) is 3.83. The number of amides is 4. The Balaban J connectivity index is 1.15. The van der Waals surface area contributed by atoms with E-state index < -0.39 is 18.2 Å². The molecule has 0 unspecified atom stereocenters. The minimum Gasteiger partial charge on any atom is -0.435 e. The van der Waals surface area contributed by atoms with Crippen LogP contribution in [0.15, 0.2) is 54.6 Å². The number of hydrogen-bond donors (Lipinski definition) is 2. The van der Waals surface area contributed by atoms with Crippen LogP contribution in [0.25, 0.3) is 0 Å². The zero-order valence-electron chi connectivity index (χ0n) is 21.1. The van der Waals surface area contributed by atoms with Crippen LogP contribution in [0.4, 0.5) is 13.6 Å². The van der Waals surface area contributed by atoms with E-state index in [1.165, 1.54) is 17.0 Å². The molecule has 0 aromatic heterocycles. The number of nitrogens with one attached hydrogen (secondary N) is 2. The molecule has 0 bridgehead atoms. The first-order valence-corrected chi connectivity index (χ1v) is 13.1. The van der Waals surface area contributed by atoms with Crippen LogP contribution in [0.5, 0.6) is 5.75 Å². The molecule has 202 valence electrons. The van der Waals surface area contributed by atoms with E-state index >= 15 is 0 Å². The van der Waals surface area contributed by atoms with Crippen LogP contribution >= 0.6 is 0 Å². The van der Waals surface area contributed by atoms with Gasteiger partial charge in [-0.15, -0.1) is 0 Å². The van der Waals surface area contributed by atoms with Crippen LogP contribution in [0.1, 0.15) is 49.3 Å². The monoisotopic (exact) mass is 526 g/mol. The summed E-state index contributed by atoms with van der Waals surface area (Å²) >= 11 is 0. The van der Waals surface area contributed by atoms with Crippen LogP contribution in [0.3, 0.4) is 0 Å². The number of carbonyl (C=O) groups is 3. The van der Waals surface area contributed by atoms with E-state index in [9.17, 15) is 23.2 Å². The Labute approximate surface area is 220 Å². The van der Waals surface area contributed by atoms with Crippen molar-refractivity contribution in [1.82, 2.24) is 20.4 Å². The molecule has 38 heavy (non-hydrogen) atoms. The molecule has 8 nitrogen and oxygen atoms in total. The number of alkyl halides is 2. The fourth-order valence-corrected chi connectivity index (χ4v) is 5.23. The molecule has 10 heteroatoms. The Bertz CT molecular complexity index is 1150. The molecule has 1 saturated carbocycles. The van der Waals surface area contributed by atoms with E-state index in [4.69, 9.17) is 0 Å². The summed E-state index contributed by atoms with van der Waals surface area (Å²) < 4.78 is 29.1. The van der Waals surface area contributed by atoms with Gasteiger partial charge in [0.05, 0.1) is 12.6 Å². The lowest BCUT2D eigenvalue weighted by atomic mass is 9.87. The van der Waals surface area contributed by atoms with E-state index in [1.807, 2.05) is 30.3 Å². The first-order valence-electron chi connectivity index (χ1n) is 13.1. The lowest BCUT2D eigenvalue weighted by Crippen LogP contribution is -2.55. The average Bonchev–Trinajstić information content (AvgIpc) is 3.74. The number of carbonyl (C=O) groups excluding carboxylic acids is 3. The number of urea groups is 1. The highest BCUT2D eigenvalue weighted by Gasteiger charge is 2.52. The van der Waals surface area contributed by atoms with Crippen LogP contribution < -0.4 is 15.4 Å². The molecular formula is C28H32F2N4O4. The lowest BCUT2D eigenvalue weighted by Gasteiger charge is -2.37. The molecule has 4 amide bonds. The zero-order valence-corrected chi connectivity index (χ0v) is 21.1. The van der Waals surface area contributed by atoms with Gasteiger partial charge >= 0.3 is 12.6 Å². The number of hydrogen-bond acceptors (Lipinski definition) is 5. The molecule has 2 aromatic carbocycles. The van der Waals surface area contributed by atoms with E-state index in [0.29, 0.717) is 31.5 Å². The number of nitrogens with zero attached hydrogens (tertiary/aromatic N) is 2. The SMILES string of the molecule is O=C(N[C@@H](CCN1CCC2(CC1)NC(=O)N(Cc1ccc(OC(F)F)cc1)C2=O)c1ccccc1)C1CC1. The molecule has 2 heterocycles. The molecule has 2 aliphatic heterocycles. The van der Waals surface area contributed by atoms with Gasteiger partial charge in [-0.2, -0.15) is 8.78 Å². The van der Waals surface area contributed by atoms with Crippen LogP contribution in [-0.4, -0.2) is 59.4 Å². The maximum Gasteiger partial charge on any atom is 0.387 e. The molecule has 3 fully saturated rings. The van der Waals surface area contributed by atoms with Crippen molar-refractivity contribution in [2.45, 2.75) is 56.8 Å². The topological polar surface area (TPSA) is 91.0 Å². The number of ether oxygens (including phenoxy) is 1. The predicted molar refractivity (Wildman–Crippen MR) is 135 cm³/mol. The van der Waals surface area contributed by atoms with E-state index in [0.717, 1.165) is 31.4 Å². The fraction of sp³-hybridized carbons (Fsp3) is 0.464. The molecule has 1 aliphatic carbocycles. The van der Waals surface area contributed by atoms with Crippen LogP contribution in [0, 0.1) is 5.92 Å². The summed E-state index contributed by atoms with van der Waals surface area (Å²) in [5.74, 6) is 0.0206. The largest absolute Gasteiger partial charge is 0.435 e. The Kier molecular flexibility index (Phi) is 7.60. The second-order valence-corrected chi connectivity index (χ2v) is 10.3. The molecule has 2 saturated heterocycles. The lowest BCUT2D eigenvalue weighted by molar-refractivity contribution is -0.133. The van der Waals surface area contributed by atoms with Gasteiger partial charge in [0.2, 0.25) is 5.91 Å². The van der Waals surface area contributed by atoms with Gasteiger partial charge in [0, 0.05) is 25.6 Å². The standard InChI is InChI=1S/C28H32F2N4O4/c29-26(30)38-22-10-6-19(7-11-22)18-34-25(36)28(32-27(34)37)13-16-33(17-14-28)15-12-23(20-4-2-1-3-5-20)31-24(35)21-8-9-21/h1-7,10-11,21,23,26H,8-9,12-18H2,(H,31,35)(H,32,37)/t23-/m0/s1. The van der Waals surface area contributed by atoms with Gasteiger partial charge in [0.1, 0.15) is 11.3 Å². The summed E-state index contributed by atoms with van der Waals surface area (Å²) in [5.41, 5.74) is 0.799. The summed E-state index contributed by atoms with van der Waals surface area (Å²) in [6, 6.07) is 15.4. The Morgan fingerprint density at radius 3 is 2.37 bits per heavy atom. The smallest absolute Gasteiger partial charge is 0.387 e. The van der Waals surface area contributed by atoms with E-state index in [2.05, 4.69) is 20.3 Å². The second kappa shape index (κ2) is 11.1. The van der Waals surface area contributed by atoms with Crippen molar-refractivity contribution in [3.05, 3.63) is 65.7 Å². The van der Waals surface area contributed by atoms with Crippen molar-refractivity contribution in [3.8, 4) is 5.75 Å². The van der Waals surface area contributed by atoms with Crippen LogP contribution in [0.2, 0.25) is 0 Å². The van der Waals surface area contributed by atoms with Gasteiger partial charge in [0.15, 0.2) is 0 Å². The van der Waals surface area contributed by atoms with E-state index in [1.54, 1.807) is 12.1 Å². The highest BCUT2D eigenvalue weighted by atomic mass is 19.3. The first-order chi connectivity index (χ1) is 18.3. The third-order valence-electron chi connectivity index (χ3n) is 7.65. The number of rotatable bonds is 10. The third kappa shape index (κ3) is 5.96. The van der Waals surface area contributed by atoms with E-state index in [-0.39, 0.29) is 36.1 Å². The highest BCUT2D eigenvalue weighted by Crippen LogP contribution is 2.32. The Hall–Kier alpha value is -3.53. The summed E-state index contributed by atoms with van der Waals surface area (Å²) in [7, 11) is 0. The zero-order chi connectivity index (χ0) is 26.7. The first kappa shape index (κ1) is 26.1. The fourth-order valence-electron chi connectivity index (χ4n) is 5.23.